The molecule has 0 radical (unpaired) electrons. The number of hydrogen-bond donors (Lipinski definition) is 1. The minimum Gasteiger partial charge on any atom is -0.480 e. The maximum absolute atomic E-state index is 13.0. The van der Waals surface area contributed by atoms with Crippen molar-refractivity contribution in [1.29, 1.82) is 0 Å². The van der Waals surface area contributed by atoms with Gasteiger partial charge in [0.15, 0.2) is 0 Å². The highest BCUT2D eigenvalue weighted by molar-refractivity contribution is 7.89. The van der Waals surface area contributed by atoms with Crippen molar-refractivity contribution in [2.45, 2.75) is 23.8 Å². The van der Waals surface area contributed by atoms with Crippen LogP contribution < -0.4 is 0 Å². The van der Waals surface area contributed by atoms with Crippen molar-refractivity contribution in [3.05, 3.63) is 29.0 Å². The normalized spacial score (nSPS) is 20.6. The minimum atomic E-state index is -3.97. The molecule has 1 aromatic carbocycles. The summed E-state index contributed by atoms with van der Waals surface area (Å²) in [4.78, 5) is 10.8. The zero-order chi connectivity index (χ0) is 14.2. The quantitative estimate of drug-likeness (QED) is 0.922. The fraction of sp³-hybridized carbons (Fsp3) is 0.364. The first-order chi connectivity index (χ1) is 8.84. The Kier molecular flexibility index (Phi) is 3.80. The van der Waals surface area contributed by atoms with Crippen molar-refractivity contribution < 1.29 is 22.7 Å². The molecule has 1 aliphatic heterocycles. The Balaban J connectivity index is 2.42. The molecule has 19 heavy (non-hydrogen) atoms. The van der Waals surface area contributed by atoms with E-state index in [2.05, 4.69) is 0 Å². The first-order valence-corrected chi connectivity index (χ1v) is 7.35. The highest BCUT2D eigenvalue weighted by Crippen LogP contribution is 2.28. The summed E-state index contributed by atoms with van der Waals surface area (Å²) in [5.74, 6) is -1.91. The molecule has 104 valence electrons. The molecule has 1 heterocycles. The summed E-state index contributed by atoms with van der Waals surface area (Å²) >= 11 is 5.55. The summed E-state index contributed by atoms with van der Waals surface area (Å²) in [5, 5.41) is 8.69. The van der Waals surface area contributed by atoms with E-state index < -0.39 is 27.9 Å². The highest BCUT2D eigenvalue weighted by atomic mass is 35.5. The molecule has 2 rings (SSSR count). The number of carboxylic acids is 1. The number of hydrogen-bond acceptors (Lipinski definition) is 3. The van der Waals surface area contributed by atoms with Crippen LogP contribution in [0.25, 0.3) is 0 Å². The number of benzene rings is 1. The average molecular weight is 308 g/mol. The van der Waals surface area contributed by atoms with Gasteiger partial charge in [0, 0.05) is 6.54 Å². The SMILES string of the molecule is O=C(O)C1CCCN1S(=O)(=O)c1ccc(F)c(Cl)c1. The summed E-state index contributed by atoms with van der Waals surface area (Å²) in [5.41, 5.74) is 0. The van der Waals surface area contributed by atoms with Gasteiger partial charge in [-0.05, 0) is 31.0 Å². The number of sulfonamides is 1. The Morgan fingerprint density at radius 3 is 2.74 bits per heavy atom. The van der Waals surface area contributed by atoms with E-state index in [-0.39, 0.29) is 22.9 Å². The molecule has 0 bridgehead atoms. The number of carboxylic acid groups (broad SMARTS) is 1. The summed E-state index contributed by atoms with van der Waals surface area (Å²) < 4.78 is 38.5. The molecule has 1 saturated heterocycles. The predicted molar refractivity (Wildman–Crippen MR) is 66.0 cm³/mol. The average Bonchev–Trinajstić information content (AvgIpc) is 2.82. The molecule has 0 aromatic heterocycles. The predicted octanol–water partition coefficient (Wildman–Crippen LogP) is 1.72. The van der Waals surface area contributed by atoms with Gasteiger partial charge in [0.1, 0.15) is 11.9 Å². The van der Waals surface area contributed by atoms with Crippen LogP contribution in [-0.2, 0) is 14.8 Å². The summed E-state index contributed by atoms with van der Waals surface area (Å²) in [6.45, 7) is 0.133. The fourth-order valence-electron chi connectivity index (χ4n) is 2.05. The van der Waals surface area contributed by atoms with Gasteiger partial charge < -0.3 is 5.11 Å². The van der Waals surface area contributed by atoms with E-state index in [0.717, 1.165) is 22.5 Å². The van der Waals surface area contributed by atoms with Gasteiger partial charge in [-0.25, -0.2) is 12.8 Å². The lowest BCUT2D eigenvalue weighted by molar-refractivity contribution is -0.140. The molecule has 1 unspecified atom stereocenters. The topological polar surface area (TPSA) is 74.7 Å². The molecule has 0 spiro atoms. The van der Waals surface area contributed by atoms with Crippen molar-refractivity contribution in [2.75, 3.05) is 6.54 Å². The van der Waals surface area contributed by atoms with E-state index in [9.17, 15) is 17.6 Å². The van der Waals surface area contributed by atoms with Gasteiger partial charge in [0.25, 0.3) is 0 Å². The van der Waals surface area contributed by atoms with E-state index in [4.69, 9.17) is 16.7 Å². The standard InChI is InChI=1S/C11H11ClFNO4S/c12-8-6-7(3-4-9(8)13)19(17,18)14-5-1-2-10(14)11(15)16/h3-4,6,10H,1-2,5H2,(H,15,16). The second kappa shape index (κ2) is 5.07. The third-order valence-electron chi connectivity index (χ3n) is 2.99. The molecule has 1 fully saturated rings. The zero-order valence-corrected chi connectivity index (χ0v) is 11.3. The molecule has 0 amide bonds. The number of aliphatic carboxylic acids is 1. The van der Waals surface area contributed by atoms with Crippen molar-refractivity contribution in [3.63, 3.8) is 0 Å². The van der Waals surface area contributed by atoms with E-state index in [1.54, 1.807) is 0 Å². The monoisotopic (exact) mass is 307 g/mol. The number of nitrogens with zero attached hydrogens (tertiary/aromatic N) is 1. The number of carbonyl (C=O) groups is 1. The highest BCUT2D eigenvalue weighted by Gasteiger charge is 2.39. The molecule has 0 aliphatic carbocycles. The summed E-state index contributed by atoms with van der Waals surface area (Å²) in [6.07, 6.45) is 0.745. The van der Waals surface area contributed by atoms with Crippen LogP contribution in [0.4, 0.5) is 4.39 Å². The van der Waals surface area contributed by atoms with Crippen LogP contribution in [0.2, 0.25) is 5.02 Å². The molecule has 5 nitrogen and oxygen atoms in total. The van der Waals surface area contributed by atoms with Crippen LogP contribution in [0.3, 0.4) is 0 Å². The van der Waals surface area contributed by atoms with E-state index in [1.165, 1.54) is 0 Å². The van der Waals surface area contributed by atoms with E-state index >= 15 is 0 Å². The zero-order valence-electron chi connectivity index (χ0n) is 9.71. The van der Waals surface area contributed by atoms with E-state index in [1.807, 2.05) is 0 Å². The first-order valence-electron chi connectivity index (χ1n) is 5.54. The summed E-state index contributed by atoms with van der Waals surface area (Å²) in [7, 11) is -3.97. The smallest absolute Gasteiger partial charge is 0.322 e. The van der Waals surface area contributed by atoms with Gasteiger partial charge >= 0.3 is 5.97 Å². The molecular formula is C11H11ClFNO4S. The second-order valence-corrected chi connectivity index (χ2v) is 6.49. The van der Waals surface area contributed by atoms with Gasteiger partial charge in [-0.1, -0.05) is 11.6 Å². The lowest BCUT2D eigenvalue weighted by Crippen LogP contribution is -2.40. The largest absolute Gasteiger partial charge is 0.480 e. The fourth-order valence-corrected chi connectivity index (χ4v) is 3.97. The maximum atomic E-state index is 13.0. The Bertz CT molecular complexity index is 619. The van der Waals surface area contributed by atoms with Crippen molar-refractivity contribution in [3.8, 4) is 0 Å². The Hall–Kier alpha value is -1.18. The van der Waals surface area contributed by atoms with Crippen molar-refractivity contribution in [1.82, 2.24) is 4.31 Å². The van der Waals surface area contributed by atoms with Crippen molar-refractivity contribution in [2.24, 2.45) is 0 Å². The lowest BCUT2D eigenvalue weighted by atomic mass is 10.2. The van der Waals surface area contributed by atoms with Crippen LogP contribution in [-0.4, -0.2) is 36.4 Å². The first kappa shape index (κ1) is 14.2. The van der Waals surface area contributed by atoms with Crippen molar-refractivity contribution >= 4 is 27.6 Å². The van der Waals surface area contributed by atoms with Gasteiger partial charge in [-0.3, -0.25) is 4.79 Å². The van der Waals surface area contributed by atoms with Gasteiger partial charge in [0.2, 0.25) is 10.0 Å². The molecular weight excluding hydrogens is 297 g/mol. The Morgan fingerprint density at radius 1 is 1.47 bits per heavy atom. The lowest BCUT2D eigenvalue weighted by Gasteiger charge is -2.21. The number of halogens is 2. The third kappa shape index (κ3) is 2.58. The molecule has 0 saturated carbocycles. The number of rotatable bonds is 3. The summed E-state index contributed by atoms with van der Waals surface area (Å²) in [6, 6.07) is 1.94. The Morgan fingerprint density at radius 2 is 2.16 bits per heavy atom. The molecule has 1 atom stereocenters. The van der Waals surface area contributed by atoms with Crippen LogP contribution in [0.5, 0.6) is 0 Å². The van der Waals surface area contributed by atoms with Crippen LogP contribution in [0.15, 0.2) is 23.1 Å². The van der Waals surface area contributed by atoms with Crippen LogP contribution in [0, 0.1) is 5.82 Å². The molecule has 1 aromatic rings. The van der Waals surface area contributed by atoms with Gasteiger partial charge in [0.05, 0.1) is 9.92 Å². The van der Waals surface area contributed by atoms with Crippen LogP contribution >= 0.6 is 11.6 Å². The Labute approximate surface area is 114 Å². The van der Waals surface area contributed by atoms with Gasteiger partial charge in [-0.15, -0.1) is 0 Å². The maximum Gasteiger partial charge on any atom is 0.322 e. The van der Waals surface area contributed by atoms with Gasteiger partial charge in [-0.2, -0.15) is 4.31 Å². The third-order valence-corrected chi connectivity index (χ3v) is 5.18. The molecule has 1 N–H and O–H groups in total. The minimum absolute atomic E-state index is 0.133. The van der Waals surface area contributed by atoms with E-state index in [0.29, 0.717) is 6.42 Å². The molecule has 1 aliphatic rings. The van der Waals surface area contributed by atoms with Crippen LogP contribution in [0.1, 0.15) is 12.8 Å². The second-order valence-electron chi connectivity index (χ2n) is 4.19. The molecule has 8 heteroatoms.